The lowest BCUT2D eigenvalue weighted by molar-refractivity contribution is 0.363. The lowest BCUT2D eigenvalue weighted by atomic mass is 10.1. The van der Waals surface area contributed by atoms with Crippen LogP contribution in [-0.4, -0.2) is 18.6 Å². The molecule has 0 fully saturated rings. The molecule has 18 heavy (non-hydrogen) atoms. The van der Waals surface area contributed by atoms with Gasteiger partial charge in [-0.25, -0.2) is 8.42 Å². The molecule has 98 valence electrons. The van der Waals surface area contributed by atoms with Crippen LogP contribution < -0.4 is 4.72 Å². The summed E-state index contributed by atoms with van der Waals surface area (Å²) in [4.78, 5) is 4.05. The van der Waals surface area contributed by atoms with Crippen LogP contribution >= 0.6 is 11.3 Å². The van der Waals surface area contributed by atoms with E-state index in [1.165, 1.54) is 0 Å². The number of thiophene rings is 1. The Morgan fingerprint density at radius 3 is 2.67 bits per heavy atom. The highest BCUT2D eigenvalue weighted by Crippen LogP contribution is 2.22. The van der Waals surface area contributed by atoms with Crippen LogP contribution in [0.4, 0.5) is 0 Å². The number of aromatic nitrogens is 2. The minimum absolute atomic E-state index is 0.260. The van der Waals surface area contributed by atoms with Crippen molar-refractivity contribution in [3.05, 3.63) is 29.2 Å². The van der Waals surface area contributed by atoms with Crippen molar-refractivity contribution >= 4 is 21.4 Å². The van der Waals surface area contributed by atoms with E-state index in [2.05, 4.69) is 14.9 Å². The number of nitrogens with zero attached hydrogens (tertiary/aromatic N) is 2. The molecule has 2 aromatic heterocycles. The number of nitrogens with one attached hydrogen (secondary N) is 1. The van der Waals surface area contributed by atoms with E-state index in [-0.39, 0.29) is 4.21 Å². The predicted molar refractivity (Wildman–Crippen MR) is 66.7 cm³/mol. The summed E-state index contributed by atoms with van der Waals surface area (Å²) >= 11 is 1.16. The summed E-state index contributed by atoms with van der Waals surface area (Å²) < 4.78 is 31.9. The Hall–Kier alpha value is -1.25. The van der Waals surface area contributed by atoms with Gasteiger partial charge in [0, 0.05) is 6.92 Å². The number of sulfonamides is 1. The van der Waals surface area contributed by atoms with Crippen LogP contribution in [-0.2, 0) is 15.6 Å². The topological polar surface area (TPSA) is 85.1 Å². The van der Waals surface area contributed by atoms with Crippen LogP contribution in [0.15, 0.2) is 26.2 Å². The quantitative estimate of drug-likeness (QED) is 0.924. The summed E-state index contributed by atoms with van der Waals surface area (Å²) in [5.74, 6) is 0.702. The fraction of sp³-hybridized carbons (Fsp3) is 0.400. The van der Waals surface area contributed by atoms with E-state index < -0.39 is 15.6 Å². The third kappa shape index (κ3) is 2.60. The van der Waals surface area contributed by atoms with Gasteiger partial charge in [-0.2, -0.15) is 9.71 Å². The third-order valence-corrected chi connectivity index (χ3v) is 5.29. The normalized spacial score (nSPS) is 12.8. The summed E-state index contributed by atoms with van der Waals surface area (Å²) in [5.41, 5.74) is -0.930. The highest BCUT2D eigenvalue weighted by atomic mass is 32.2. The summed E-state index contributed by atoms with van der Waals surface area (Å²) in [7, 11) is -3.57. The Kier molecular flexibility index (Phi) is 3.26. The molecule has 0 unspecified atom stereocenters. The molecule has 6 nitrogen and oxygen atoms in total. The molecule has 1 N–H and O–H groups in total. The number of hydrogen-bond donors (Lipinski definition) is 1. The molecule has 0 aliphatic rings. The zero-order valence-electron chi connectivity index (χ0n) is 10.2. The molecule has 0 atom stereocenters. The van der Waals surface area contributed by atoms with Gasteiger partial charge in [-0.1, -0.05) is 11.2 Å². The maximum absolute atomic E-state index is 12.1. The van der Waals surface area contributed by atoms with E-state index in [4.69, 9.17) is 4.52 Å². The Bertz CT molecular complexity index is 629. The van der Waals surface area contributed by atoms with Crippen molar-refractivity contribution in [1.29, 1.82) is 0 Å². The Balaban J connectivity index is 2.28. The van der Waals surface area contributed by atoms with E-state index in [0.717, 1.165) is 11.3 Å². The summed E-state index contributed by atoms with van der Waals surface area (Å²) in [6.45, 7) is 5.02. The molecule has 0 aliphatic heterocycles. The van der Waals surface area contributed by atoms with E-state index in [0.29, 0.717) is 11.7 Å². The molecule has 0 saturated heterocycles. The minimum atomic E-state index is -3.57. The average Bonchev–Trinajstić information content (AvgIpc) is 2.84. The SMILES string of the molecule is Cc1nc(C(C)(C)NS(=O)(=O)c2cccs2)no1. The van der Waals surface area contributed by atoms with Gasteiger partial charge in [0.1, 0.15) is 4.21 Å². The zero-order chi connectivity index (χ0) is 13.4. The molecule has 2 aromatic rings. The number of aryl methyl sites for hydroxylation is 1. The van der Waals surface area contributed by atoms with Gasteiger partial charge in [0.15, 0.2) is 5.82 Å². The van der Waals surface area contributed by atoms with Crippen molar-refractivity contribution < 1.29 is 12.9 Å². The van der Waals surface area contributed by atoms with Gasteiger partial charge in [0.25, 0.3) is 10.0 Å². The fourth-order valence-electron chi connectivity index (χ4n) is 1.40. The van der Waals surface area contributed by atoms with Crippen LogP contribution in [0.25, 0.3) is 0 Å². The van der Waals surface area contributed by atoms with Crippen LogP contribution in [0.5, 0.6) is 0 Å². The van der Waals surface area contributed by atoms with Crippen LogP contribution in [0.2, 0.25) is 0 Å². The monoisotopic (exact) mass is 287 g/mol. The van der Waals surface area contributed by atoms with Gasteiger partial charge in [-0.05, 0) is 25.3 Å². The standard InChI is InChI=1S/C10H13N3O3S2/c1-7-11-9(12-16-7)10(2,3)13-18(14,15)8-5-4-6-17-8/h4-6,13H,1-3H3. The molecule has 2 rings (SSSR count). The second kappa shape index (κ2) is 4.45. The first kappa shape index (κ1) is 13.2. The van der Waals surface area contributed by atoms with Gasteiger partial charge >= 0.3 is 0 Å². The minimum Gasteiger partial charge on any atom is -0.340 e. The lowest BCUT2D eigenvalue weighted by Crippen LogP contribution is -2.41. The highest BCUT2D eigenvalue weighted by molar-refractivity contribution is 7.91. The van der Waals surface area contributed by atoms with Crippen LogP contribution in [0.1, 0.15) is 25.6 Å². The molecule has 0 saturated carbocycles. The smallest absolute Gasteiger partial charge is 0.250 e. The second-order valence-corrected chi connectivity index (χ2v) is 7.16. The molecule has 0 bridgehead atoms. The van der Waals surface area contributed by atoms with Gasteiger partial charge in [-0.15, -0.1) is 11.3 Å². The molecule has 0 aromatic carbocycles. The lowest BCUT2D eigenvalue weighted by Gasteiger charge is -2.21. The van der Waals surface area contributed by atoms with Crippen molar-refractivity contribution in [2.24, 2.45) is 0 Å². The maximum Gasteiger partial charge on any atom is 0.250 e. The summed E-state index contributed by atoms with van der Waals surface area (Å²) in [6.07, 6.45) is 0. The molecule has 0 aliphatic carbocycles. The number of hydrogen-bond acceptors (Lipinski definition) is 6. The molecule has 2 heterocycles. The Labute approximate surface area is 109 Å². The van der Waals surface area contributed by atoms with Crippen molar-refractivity contribution in [2.45, 2.75) is 30.5 Å². The summed E-state index contributed by atoms with van der Waals surface area (Å²) in [6, 6.07) is 3.23. The van der Waals surface area contributed by atoms with Gasteiger partial charge in [-0.3, -0.25) is 0 Å². The third-order valence-electron chi connectivity index (χ3n) is 2.24. The van der Waals surface area contributed by atoms with Gasteiger partial charge in [0.2, 0.25) is 5.89 Å². The van der Waals surface area contributed by atoms with Gasteiger partial charge in [0.05, 0.1) is 5.54 Å². The average molecular weight is 287 g/mol. The van der Waals surface area contributed by atoms with Crippen molar-refractivity contribution in [1.82, 2.24) is 14.9 Å². The van der Waals surface area contributed by atoms with Gasteiger partial charge < -0.3 is 4.52 Å². The van der Waals surface area contributed by atoms with Crippen LogP contribution in [0.3, 0.4) is 0 Å². The highest BCUT2D eigenvalue weighted by Gasteiger charge is 2.32. The van der Waals surface area contributed by atoms with E-state index >= 15 is 0 Å². The number of rotatable bonds is 4. The second-order valence-electron chi connectivity index (χ2n) is 4.30. The first-order chi connectivity index (χ1) is 8.31. The Morgan fingerprint density at radius 1 is 1.44 bits per heavy atom. The summed E-state index contributed by atoms with van der Waals surface area (Å²) in [5, 5.41) is 5.45. The van der Waals surface area contributed by atoms with E-state index in [1.807, 2.05) is 0 Å². The van der Waals surface area contributed by atoms with Crippen molar-refractivity contribution in [3.8, 4) is 0 Å². The largest absolute Gasteiger partial charge is 0.340 e. The van der Waals surface area contributed by atoms with E-state index in [9.17, 15) is 8.42 Å². The van der Waals surface area contributed by atoms with Crippen molar-refractivity contribution in [3.63, 3.8) is 0 Å². The zero-order valence-corrected chi connectivity index (χ0v) is 11.8. The Morgan fingerprint density at radius 2 is 2.17 bits per heavy atom. The first-order valence-electron chi connectivity index (χ1n) is 5.19. The maximum atomic E-state index is 12.1. The molecular formula is C10H13N3O3S2. The molecular weight excluding hydrogens is 274 g/mol. The first-order valence-corrected chi connectivity index (χ1v) is 7.56. The molecule has 0 radical (unpaired) electrons. The van der Waals surface area contributed by atoms with E-state index in [1.54, 1.807) is 38.3 Å². The molecule has 0 amide bonds. The molecule has 0 spiro atoms. The fourth-order valence-corrected chi connectivity index (χ4v) is 3.77. The predicted octanol–water partition coefficient (Wildman–Crippen LogP) is 1.65. The van der Waals surface area contributed by atoms with Crippen LogP contribution in [0, 0.1) is 6.92 Å². The van der Waals surface area contributed by atoms with Crippen molar-refractivity contribution in [2.75, 3.05) is 0 Å². The molecule has 8 heteroatoms.